The van der Waals surface area contributed by atoms with Crippen LogP contribution >= 0.6 is 0 Å². The number of nitrogens with zero attached hydrogens (tertiary/aromatic N) is 3. The smallest absolute Gasteiger partial charge is 0.177 e. The third kappa shape index (κ3) is 4.21. The Labute approximate surface area is 97.1 Å². The highest BCUT2D eigenvalue weighted by Crippen LogP contribution is 2.12. The van der Waals surface area contributed by atoms with Crippen molar-refractivity contribution in [3.05, 3.63) is 29.8 Å². The Balaban J connectivity index is 0.000000509. The molecule has 2 aromatic rings. The Bertz CT molecular complexity index is 351. The second-order valence-electron chi connectivity index (χ2n) is 2.60. The number of aryl methyl sites for hydroxylation is 1. The summed E-state index contributed by atoms with van der Waals surface area (Å²) in [5.41, 5.74) is 2.21. The van der Waals surface area contributed by atoms with Crippen LogP contribution in [0.15, 0.2) is 24.3 Å². The van der Waals surface area contributed by atoms with E-state index in [4.69, 9.17) is 0 Å². The van der Waals surface area contributed by atoms with E-state index in [1.54, 1.807) is 0 Å². The van der Waals surface area contributed by atoms with E-state index in [9.17, 15) is 0 Å². The Morgan fingerprint density at radius 3 is 1.94 bits per heavy atom. The first-order valence-corrected chi connectivity index (χ1v) is 5.67. The lowest BCUT2D eigenvalue weighted by Crippen LogP contribution is -1.80. The van der Waals surface area contributed by atoms with Gasteiger partial charge in [0.05, 0.1) is 0 Å². The molecule has 0 atom stereocenters. The second kappa shape index (κ2) is 8.59. The molecule has 0 aliphatic heterocycles. The van der Waals surface area contributed by atoms with Crippen molar-refractivity contribution in [1.82, 2.24) is 20.6 Å². The highest BCUT2D eigenvalue weighted by molar-refractivity contribution is 5.53. The van der Waals surface area contributed by atoms with Gasteiger partial charge in [0.2, 0.25) is 5.82 Å². The van der Waals surface area contributed by atoms with E-state index in [0.717, 1.165) is 5.56 Å². The van der Waals surface area contributed by atoms with Crippen molar-refractivity contribution < 1.29 is 0 Å². The Morgan fingerprint density at radius 2 is 1.50 bits per heavy atom. The normalized spacial score (nSPS) is 8.31. The molecule has 16 heavy (non-hydrogen) atoms. The van der Waals surface area contributed by atoms with Gasteiger partial charge in [-0.25, -0.2) is 0 Å². The van der Waals surface area contributed by atoms with E-state index in [-0.39, 0.29) is 0 Å². The highest BCUT2D eigenvalue weighted by Gasteiger charge is 1.99. The van der Waals surface area contributed by atoms with Crippen LogP contribution in [0.25, 0.3) is 11.4 Å². The van der Waals surface area contributed by atoms with Gasteiger partial charge in [0, 0.05) is 5.56 Å². The van der Waals surface area contributed by atoms with Gasteiger partial charge >= 0.3 is 0 Å². The average Bonchev–Trinajstić information content (AvgIpc) is 2.89. The predicted octanol–water partition coefficient (Wildman–Crippen LogP) is 3.23. The van der Waals surface area contributed by atoms with Gasteiger partial charge in [-0.05, 0) is 12.1 Å². The van der Waals surface area contributed by atoms with Crippen molar-refractivity contribution in [3.8, 4) is 11.4 Å². The molecule has 1 aromatic carbocycles. The third-order valence-corrected chi connectivity index (χ3v) is 1.66. The van der Waals surface area contributed by atoms with Crippen LogP contribution in [0.1, 0.15) is 33.3 Å². The summed E-state index contributed by atoms with van der Waals surface area (Å²) in [5, 5.41) is 13.6. The van der Waals surface area contributed by atoms with Crippen molar-refractivity contribution >= 4 is 0 Å². The molecule has 0 amide bonds. The SMILES string of the molecule is CC.CC.Cc1ccc(-c2nn[nH]n2)cc1. The number of nitrogens with one attached hydrogen (secondary N) is 1. The van der Waals surface area contributed by atoms with Crippen molar-refractivity contribution in [1.29, 1.82) is 0 Å². The highest BCUT2D eigenvalue weighted by atomic mass is 15.5. The van der Waals surface area contributed by atoms with Gasteiger partial charge in [-0.3, -0.25) is 0 Å². The third-order valence-electron chi connectivity index (χ3n) is 1.66. The van der Waals surface area contributed by atoms with Gasteiger partial charge in [0.15, 0.2) is 0 Å². The first kappa shape index (κ1) is 14.3. The van der Waals surface area contributed by atoms with E-state index in [0.29, 0.717) is 5.82 Å². The molecule has 2 rings (SSSR count). The molecule has 0 radical (unpaired) electrons. The molecule has 0 saturated carbocycles. The molecule has 0 aliphatic rings. The van der Waals surface area contributed by atoms with Crippen molar-refractivity contribution in [3.63, 3.8) is 0 Å². The van der Waals surface area contributed by atoms with Crippen LogP contribution in [0.4, 0.5) is 0 Å². The first-order valence-electron chi connectivity index (χ1n) is 5.67. The minimum absolute atomic E-state index is 0.634. The molecule has 0 fully saturated rings. The number of aromatic amines is 1. The van der Waals surface area contributed by atoms with Crippen LogP contribution in [0.3, 0.4) is 0 Å². The van der Waals surface area contributed by atoms with Crippen LogP contribution in [-0.4, -0.2) is 20.6 Å². The molecule has 1 heterocycles. The summed E-state index contributed by atoms with van der Waals surface area (Å²) >= 11 is 0. The summed E-state index contributed by atoms with van der Waals surface area (Å²) in [5.74, 6) is 0.634. The summed E-state index contributed by atoms with van der Waals surface area (Å²) in [6, 6.07) is 7.98. The van der Waals surface area contributed by atoms with Gasteiger partial charge in [0.1, 0.15) is 0 Å². The predicted molar refractivity (Wildman–Crippen MR) is 67.0 cm³/mol. The molecule has 1 N–H and O–H groups in total. The number of hydrogen-bond acceptors (Lipinski definition) is 3. The zero-order valence-electron chi connectivity index (χ0n) is 10.7. The van der Waals surface area contributed by atoms with Gasteiger partial charge in [-0.15, -0.1) is 10.2 Å². The number of hydrogen-bond donors (Lipinski definition) is 1. The minimum atomic E-state index is 0.634. The lowest BCUT2D eigenvalue weighted by atomic mass is 10.1. The molecule has 4 nitrogen and oxygen atoms in total. The quantitative estimate of drug-likeness (QED) is 0.802. The zero-order chi connectivity index (χ0) is 12.4. The summed E-state index contributed by atoms with van der Waals surface area (Å²) in [6.07, 6.45) is 0. The van der Waals surface area contributed by atoms with E-state index < -0.39 is 0 Å². The molecule has 4 heteroatoms. The van der Waals surface area contributed by atoms with E-state index in [1.165, 1.54) is 5.56 Å². The van der Waals surface area contributed by atoms with Gasteiger partial charge < -0.3 is 0 Å². The number of H-pyrrole nitrogens is 1. The van der Waals surface area contributed by atoms with Gasteiger partial charge in [-0.2, -0.15) is 5.21 Å². The number of benzene rings is 1. The summed E-state index contributed by atoms with van der Waals surface area (Å²) in [4.78, 5) is 0. The van der Waals surface area contributed by atoms with Gasteiger partial charge in [-0.1, -0.05) is 57.5 Å². The van der Waals surface area contributed by atoms with Crippen LogP contribution in [0.5, 0.6) is 0 Å². The van der Waals surface area contributed by atoms with Crippen LogP contribution < -0.4 is 0 Å². The van der Waals surface area contributed by atoms with E-state index in [2.05, 4.69) is 20.6 Å². The molecule has 0 saturated heterocycles. The number of rotatable bonds is 1. The fraction of sp³-hybridized carbons (Fsp3) is 0.417. The Kier molecular flexibility index (Phi) is 7.67. The van der Waals surface area contributed by atoms with Gasteiger partial charge in [0.25, 0.3) is 0 Å². The second-order valence-corrected chi connectivity index (χ2v) is 2.60. The molecule has 0 spiro atoms. The van der Waals surface area contributed by atoms with Crippen molar-refractivity contribution in [2.45, 2.75) is 34.6 Å². The first-order chi connectivity index (χ1) is 7.86. The number of tetrazole rings is 1. The maximum Gasteiger partial charge on any atom is 0.204 e. The molecular formula is C12H20N4. The topological polar surface area (TPSA) is 54.5 Å². The van der Waals surface area contributed by atoms with Crippen LogP contribution in [0, 0.1) is 6.92 Å². The average molecular weight is 220 g/mol. The lowest BCUT2D eigenvalue weighted by molar-refractivity contribution is 0.881. The van der Waals surface area contributed by atoms with Crippen LogP contribution in [0.2, 0.25) is 0 Å². The fourth-order valence-corrected chi connectivity index (χ4v) is 0.987. The largest absolute Gasteiger partial charge is 0.204 e. The zero-order valence-corrected chi connectivity index (χ0v) is 10.7. The standard InChI is InChI=1S/C8H8N4.2C2H6/c1-6-2-4-7(5-3-6)8-9-11-12-10-8;2*1-2/h2-5H,1H3,(H,9,10,11,12);2*1-2H3. The van der Waals surface area contributed by atoms with Crippen LogP contribution in [-0.2, 0) is 0 Å². The summed E-state index contributed by atoms with van der Waals surface area (Å²) in [7, 11) is 0. The molecule has 1 aromatic heterocycles. The van der Waals surface area contributed by atoms with E-state index >= 15 is 0 Å². The Morgan fingerprint density at radius 1 is 0.938 bits per heavy atom. The molecule has 0 aliphatic carbocycles. The molecule has 88 valence electrons. The number of aromatic nitrogens is 4. The monoisotopic (exact) mass is 220 g/mol. The molecule has 0 bridgehead atoms. The van der Waals surface area contributed by atoms with Crippen molar-refractivity contribution in [2.24, 2.45) is 0 Å². The Hall–Kier alpha value is -1.71. The lowest BCUT2D eigenvalue weighted by Gasteiger charge is -1.93. The molecular weight excluding hydrogens is 200 g/mol. The maximum atomic E-state index is 3.87. The fourth-order valence-electron chi connectivity index (χ4n) is 0.987. The summed E-state index contributed by atoms with van der Waals surface area (Å²) < 4.78 is 0. The van der Waals surface area contributed by atoms with Crippen molar-refractivity contribution in [2.75, 3.05) is 0 Å². The summed E-state index contributed by atoms with van der Waals surface area (Å²) in [6.45, 7) is 10.0. The maximum absolute atomic E-state index is 3.87. The van der Waals surface area contributed by atoms with E-state index in [1.807, 2.05) is 58.9 Å². The minimum Gasteiger partial charge on any atom is -0.177 e. The molecule has 0 unspecified atom stereocenters.